The summed E-state index contributed by atoms with van der Waals surface area (Å²) in [6.45, 7) is -2.42. The smallest absolute Gasteiger partial charge is 0.402 e. The second-order valence-corrected chi connectivity index (χ2v) is 14.0. The van der Waals surface area contributed by atoms with Crippen LogP contribution in [0.2, 0.25) is 0 Å². The molecule has 4 heterocycles. The summed E-state index contributed by atoms with van der Waals surface area (Å²) in [5.41, 5.74) is -0.162. The van der Waals surface area contributed by atoms with Crippen LogP contribution >= 0.6 is 0 Å². The summed E-state index contributed by atoms with van der Waals surface area (Å²) in [7, 11) is 0. The summed E-state index contributed by atoms with van der Waals surface area (Å²) in [5, 5.41) is 144. The topological polar surface area (TPSA) is 393 Å². The van der Waals surface area contributed by atoms with Crippen LogP contribution in [0.3, 0.4) is 0 Å². The van der Waals surface area contributed by atoms with E-state index in [9.17, 15) is 76.0 Å². The molecular formula is C36H43O24+. The molecule has 15 atom stereocenters. The molecule has 3 aromatic rings. The average Bonchev–Trinajstić information content (AvgIpc) is 3.20. The first-order chi connectivity index (χ1) is 28.4. The van der Waals surface area contributed by atoms with Crippen molar-refractivity contribution in [3.05, 3.63) is 36.4 Å². The molecule has 6 rings (SSSR count). The molecule has 24 heteroatoms. The predicted octanol–water partition coefficient (Wildman–Crippen LogP) is -4.30. The van der Waals surface area contributed by atoms with E-state index in [0.29, 0.717) is 0 Å². The van der Waals surface area contributed by atoms with Crippen molar-refractivity contribution in [1.82, 2.24) is 0 Å². The maximum absolute atomic E-state index is 12.0. The van der Waals surface area contributed by atoms with E-state index in [1.807, 2.05) is 0 Å². The number of aromatic hydroxyl groups is 3. The van der Waals surface area contributed by atoms with Crippen molar-refractivity contribution >= 4 is 22.9 Å². The third-order valence-corrected chi connectivity index (χ3v) is 9.87. The maximum Gasteiger partial charge on any atom is 0.402 e. The van der Waals surface area contributed by atoms with Crippen LogP contribution in [0.15, 0.2) is 40.8 Å². The fourth-order valence-corrected chi connectivity index (χ4v) is 6.62. The van der Waals surface area contributed by atoms with Gasteiger partial charge in [-0.25, -0.2) is 4.42 Å². The lowest BCUT2D eigenvalue weighted by Gasteiger charge is -2.45. The van der Waals surface area contributed by atoms with E-state index in [2.05, 4.69) is 0 Å². The summed E-state index contributed by atoms with van der Waals surface area (Å²) in [5.74, 6) is -5.34. The number of fused-ring (bicyclic) bond motifs is 1. The van der Waals surface area contributed by atoms with Crippen LogP contribution in [-0.4, -0.2) is 195 Å². The molecule has 0 bridgehead atoms. The first-order valence-corrected chi connectivity index (χ1v) is 18.1. The Balaban J connectivity index is 1.25. The lowest BCUT2D eigenvalue weighted by Crippen LogP contribution is -2.65. The monoisotopic (exact) mass is 859 g/mol. The van der Waals surface area contributed by atoms with Crippen molar-refractivity contribution in [3.63, 3.8) is 0 Å². The summed E-state index contributed by atoms with van der Waals surface area (Å²) < 4.78 is 44.0. The van der Waals surface area contributed by atoms with E-state index in [1.165, 1.54) is 12.1 Å². The highest BCUT2D eigenvalue weighted by Gasteiger charge is 2.52. The van der Waals surface area contributed by atoms with Gasteiger partial charge >= 0.3 is 23.3 Å². The van der Waals surface area contributed by atoms with Gasteiger partial charge in [0, 0.05) is 18.2 Å². The largest absolute Gasteiger partial charge is 0.507 e. The molecule has 330 valence electrons. The Hall–Kier alpha value is -4.77. The number of hydrogen-bond acceptors (Lipinski definition) is 22. The fourth-order valence-electron chi connectivity index (χ4n) is 6.62. The van der Waals surface area contributed by atoms with Gasteiger partial charge in [0.2, 0.25) is 18.3 Å². The molecule has 3 saturated heterocycles. The molecule has 0 aliphatic carbocycles. The Labute approximate surface area is 336 Å². The number of phenolic OH excluding ortho intramolecular Hbond substituents is 2. The van der Waals surface area contributed by atoms with Gasteiger partial charge in [0.05, 0.1) is 24.8 Å². The molecule has 3 fully saturated rings. The zero-order chi connectivity index (χ0) is 43.7. The molecule has 0 radical (unpaired) electrons. The summed E-state index contributed by atoms with van der Waals surface area (Å²) in [6, 6.07) is 6.80. The standard InChI is InChI=1S/C36H42O24/c37-8-19-24(45)27(48)29(50)34(57-19)56-17-2-1-11(3-15(17)40)32-16(41)6-13-14(39)4-12(5-18(13)55-32)54-36-31(52)33(26(47)21(59-36)10-53-23(44)7-22(42)43)60-35-30(51)28(49)25(46)20(9-38)58-35/h1-6,19-21,24-31,33-38,45-52H,7-10H2,(H3-,39,40,41,42,43)/p+1. The first kappa shape index (κ1) is 44.8. The number of carbonyl (C=O) groups is 2. The van der Waals surface area contributed by atoms with Crippen molar-refractivity contribution in [3.8, 4) is 40.1 Å². The highest BCUT2D eigenvalue weighted by atomic mass is 16.7. The first-order valence-electron chi connectivity index (χ1n) is 18.1. The predicted molar refractivity (Wildman–Crippen MR) is 189 cm³/mol. The molecule has 0 amide bonds. The molecule has 24 nitrogen and oxygen atoms in total. The minimum Gasteiger partial charge on any atom is -0.507 e. The lowest BCUT2D eigenvalue weighted by molar-refractivity contribution is -0.353. The SMILES string of the molecule is O=C(O)CC(=O)OCC1OC(Oc2cc(O)c3cc(O)c(-c4ccc(OC5OC(CO)C(O)C(O)C5O)c(O)c4)[o+]c3c2)C(O)C(OC2OC(CO)C(O)C(O)C2O)C1O. The van der Waals surface area contributed by atoms with E-state index >= 15 is 0 Å². The van der Waals surface area contributed by atoms with Crippen LogP contribution in [0, 0.1) is 0 Å². The van der Waals surface area contributed by atoms with Crippen molar-refractivity contribution in [2.45, 2.75) is 98.5 Å². The van der Waals surface area contributed by atoms with Crippen LogP contribution in [-0.2, 0) is 33.3 Å². The van der Waals surface area contributed by atoms with Crippen molar-refractivity contribution in [1.29, 1.82) is 0 Å². The Morgan fingerprint density at radius 2 is 1.23 bits per heavy atom. The molecular weight excluding hydrogens is 816 g/mol. The van der Waals surface area contributed by atoms with E-state index < -0.39 is 148 Å². The number of esters is 1. The highest BCUT2D eigenvalue weighted by molar-refractivity contribution is 5.90. The van der Waals surface area contributed by atoms with Crippen LogP contribution in [0.4, 0.5) is 0 Å². The van der Waals surface area contributed by atoms with E-state index in [-0.39, 0.29) is 33.8 Å². The van der Waals surface area contributed by atoms with Crippen molar-refractivity contribution in [2.24, 2.45) is 0 Å². The van der Waals surface area contributed by atoms with Gasteiger partial charge in [-0.05, 0) is 12.1 Å². The minimum atomic E-state index is -2.03. The van der Waals surface area contributed by atoms with E-state index in [4.69, 9.17) is 42.7 Å². The van der Waals surface area contributed by atoms with Gasteiger partial charge in [-0.3, -0.25) is 9.59 Å². The van der Waals surface area contributed by atoms with E-state index in [0.717, 1.165) is 24.3 Å². The number of aliphatic hydroxyl groups excluding tert-OH is 10. The van der Waals surface area contributed by atoms with Gasteiger partial charge in [0.25, 0.3) is 0 Å². The number of rotatable bonds is 13. The van der Waals surface area contributed by atoms with E-state index in [1.54, 1.807) is 0 Å². The molecule has 60 heavy (non-hydrogen) atoms. The Bertz CT molecular complexity index is 1990. The molecule has 0 spiro atoms. The normalized spacial score (nSPS) is 34.5. The minimum absolute atomic E-state index is 0.0207. The Morgan fingerprint density at radius 1 is 0.633 bits per heavy atom. The number of aliphatic carboxylic acids is 1. The van der Waals surface area contributed by atoms with Gasteiger partial charge in [-0.15, -0.1) is 0 Å². The number of hydrogen-bond donors (Lipinski definition) is 14. The maximum atomic E-state index is 12.0. The third-order valence-electron chi connectivity index (χ3n) is 9.87. The number of carboxylic acids is 1. The van der Waals surface area contributed by atoms with Gasteiger partial charge in [-0.1, -0.05) is 0 Å². The van der Waals surface area contributed by atoms with Gasteiger partial charge < -0.3 is 105 Å². The second-order valence-electron chi connectivity index (χ2n) is 14.0. The summed E-state index contributed by atoms with van der Waals surface area (Å²) in [6.07, 6.45) is -27.6. The Kier molecular flexibility index (Phi) is 13.8. The van der Waals surface area contributed by atoms with Gasteiger partial charge in [0.15, 0.2) is 17.8 Å². The summed E-state index contributed by atoms with van der Waals surface area (Å²) in [4.78, 5) is 23.0. The Morgan fingerprint density at radius 3 is 1.85 bits per heavy atom. The average molecular weight is 860 g/mol. The number of carboxylic acid groups (broad SMARTS) is 1. The van der Waals surface area contributed by atoms with Crippen LogP contribution in [0.25, 0.3) is 22.3 Å². The fraction of sp³-hybridized carbons (Fsp3) is 0.528. The van der Waals surface area contributed by atoms with Crippen LogP contribution < -0.4 is 9.47 Å². The molecule has 14 N–H and O–H groups in total. The molecule has 0 saturated carbocycles. The zero-order valence-electron chi connectivity index (χ0n) is 30.8. The second kappa shape index (κ2) is 18.5. The number of carbonyl (C=O) groups excluding carboxylic acids is 1. The zero-order valence-corrected chi connectivity index (χ0v) is 30.8. The molecule has 15 unspecified atom stereocenters. The lowest BCUT2D eigenvalue weighted by atomic mass is 9.97. The quantitative estimate of drug-likeness (QED) is 0.0439. The molecule has 2 aromatic carbocycles. The molecule has 3 aliphatic heterocycles. The molecule has 3 aliphatic rings. The third kappa shape index (κ3) is 9.26. The van der Waals surface area contributed by atoms with Gasteiger partial charge in [0.1, 0.15) is 103 Å². The van der Waals surface area contributed by atoms with Gasteiger partial charge in [-0.2, -0.15) is 0 Å². The number of phenols is 2. The number of ether oxygens (including phenoxy) is 7. The van der Waals surface area contributed by atoms with Crippen LogP contribution in [0.5, 0.6) is 28.7 Å². The van der Waals surface area contributed by atoms with Crippen LogP contribution in [0.1, 0.15) is 6.42 Å². The van der Waals surface area contributed by atoms with Crippen molar-refractivity contribution in [2.75, 3.05) is 19.8 Å². The number of benzene rings is 2. The molecule has 1 aromatic heterocycles. The highest BCUT2D eigenvalue weighted by Crippen LogP contribution is 2.42. The van der Waals surface area contributed by atoms with Crippen molar-refractivity contribution < 1.29 is 119 Å². The summed E-state index contributed by atoms with van der Waals surface area (Å²) >= 11 is 0. The number of aliphatic hydroxyl groups is 10.